The first kappa shape index (κ1) is 21.3. The Hall–Kier alpha value is -1.38. The van der Waals surface area contributed by atoms with Gasteiger partial charge in [0.2, 0.25) is 0 Å². The summed E-state index contributed by atoms with van der Waals surface area (Å²) in [6.07, 6.45) is 13.2. The highest BCUT2D eigenvalue weighted by Gasteiger charge is 2.06. The van der Waals surface area contributed by atoms with Crippen LogP contribution in [0, 0.1) is 0 Å². The molecule has 0 radical (unpaired) electrons. The van der Waals surface area contributed by atoms with Gasteiger partial charge in [-0.2, -0.15) is 0 Å². The topological polar surface area (TPSA) is 0 Å². The summed E-state index contributed by atoms with van der Waals surface area (Å²) < 4.78 is 0. The molecule has 0 saturated carbocycles. The first-order chi connectivity index (χ1) is 13.8. The van der Waals surface area contributed by atoms with Crippen molar-refractivity contribution in [3.63, 3.8) is 0 Å². The molecule has 3 rings (SSSR count). The van der Waals surface area contributed by atoms with E-state index >= 15 is 0 Å². The predicted octanol–water partition coefficient (Wildman–Crippen LogP) is 9.39. The van der Waals surface area contributed by atoms with Gasteiger partial charge in [-0.15, -0.1) is 22.7 Å². The van der Waals surface area contributed by atoms with E-state index < -0.39 is 0 Å². The summed E-state index contributed by atoms with van der Waals surface area (Å²) in [4.78, 5) is 2.81. The molecular formula is C26H34S2. The van der Waals surface area contributed by atoms with Crippen molar-refractivity contribution in [2.45, 2.75) is 78.1 Å². The van der Waals surface area contributed by atoms with E-state index in [4.69, 9.17) is 0 Å². The van der Waals surface area contributed by atoms with Gasteiger partial charge in [-0.25, -0.2) is 0 Å². The quantitative estimate of drug-likeness (QED) is 0.261. The molecule has 0 unspecified atom stereocenters. The van der Waals surface area contributed by atoms with Gasteiger partial charge in [-0.05, 0) is 70.8 Å². The van der Waals surface area contributed by atoms with Crippen LogP contribution >= 0.6 is 22.7 Å². The Labute approximate surface area is 179 Å². The van der Waals surface area contributed by atoms with E-state index in [1.807, 2.05) is 22.7 Å². The van der Waals surface area contributed by atoms with Crippen LogP contribution in [0.25, 0.3) is 20.9 Å². The van der Waals surface area contributed by atoms with Crippen LogP contribution in [0.4, 0.5) is 0 Å². The van der Waals surface area contributed by atoms with E-state index in [0.29, 0.717) is 0 Å². The highest BCUT2D eigenvalue weighted by Crippen LogP contribution is 2.32. The molecule has 0 N–H and O–H groups in total. The number of unbranched alkanes of at least 4 members (excludes halogenated alkanes) is 6. The summed E-state index contributed by atoms with van der Waals surface area (Å²) in [6.45, 7) is 4.55. The van der Waals surface area contributed by atoms with Crippen LogP contribution in [0.5, 0.6) is 0 Å². The molecule has 0 amide bonds. The van der Waals surface area contributed by atoms with Crippen LogP contribution in [0.3, 0.4) is 0 Å². The summed E-state index contributed by atoms with van der Waals surface area (Å²) >= 11 is 3.78. The third-order valence-corrected chi connectivity index (χ3v) is 7.46. The zero-order valence-corrected chi connectivity index (χ0v) is 19.1. The highest BCUT2D eigenvalue weighted by atomic mass is 32.1. The molecule has 0 aliphatic carbocycles. The van der Waals surface area contributed by atoms with Crippen molar-refractivity contribution >= 4 is 22.7 Å². The molecule has 2 heterocycles. The van der Waals surface area contributed by atoms with Crippen LogP contribution in [-0.4, -0.2) is 0 Å². The standard InChI is InChI=1S/C26H34S2/c1-3-5-7-9-11-21-17-25(27-19-21)23-13-15-24(16-14-23)26-18-22(20-28-26)12-10-8-6-4-2/h13-20H,3-12H2,1-2H3. The average molecular weight is 411 g/mol. The maximum Gasteiger partial charge on any atom is 0.0345 e. The van der Waals surface area contributed by atoms with E-state index in [9.17, 15) is 0 Å². The van der Waals surface area contributed by atoms with E-state index in [-0.39, 0.29) is 0 Å². The molecule has 3 aromatic rings. The lowest BCUT2D eigenvalue weighted by atomic mass is 10.1. The van der Waals surface area contributed by atoms with Gasteiger partial charge in [0.05, 0.1) is 0 Å². The smallest absolute Gasteiger partial charge is 0.0345 e. The molecule has 0 spiro atoms. The second-order valence-corrected chi connectivity index (χ2v) is 9.66. The average Bonchev–Trinajstić information content (AvgIpc) is 3.39. The Morgan fingerprint density at radius 2 is 1.00 bits per heavy atom. The highest BCUT2D eigenvalue weighted by molar-refractivity contribution is 7.14. The summed E-state index contributed by atoms with van der Waals surface area (Å²) in [5, 5.41) is 4.69. The van der Waals surface area contributed by atoms with Crippen molar-refractivity contribution in [3.8, 4) is 20.9 Å². The van der Waals surface area contributed by atoms with Crippen LogP contribution in [0.15, 0.2) is 47.2 Å². The molecule has 0 fully saturated rings. The van der Waals surface area contributed by atoms with Crippen molar-refractivity contribution in [2.75, 3.05) is 0 Å². The van der Waals surface area contributed by atoms with Gasteiger partial charge in [0.1, 0.15) is 0 Å². The predicted molar refractivity (Wildman–Crippen MR) is 129 cm³/mol. The fourth-order valence-electron chi connectivity index (χ4n) is 3.63. The molecule has 0 atom stereocenters. The van der Waals surface area contributed by atoms with Gasteiger partial charge in [0.15, 0.2) is 0 Å². The molecule has 150 valence electrons. The first-order valence-corrected chi connectivity index (χ1v) is 12.8. The minimum absolute atomic E-state index is 1.23. The summed E-state index contributed by atoms with van der Waals surface area (Å²) in [5.74, 6) is 0. The minimum Gasteiger partial charge on any atom is -0.144 e. The zero-order chi connectivity index (χ0) is 19.6. The minimum atomic E-state index is 1.23. The number of benzene rings is 1. The summed E-state index contributed by atoms with van der Waals surface area (Å²) in [7, 11) is 0. The van der Waals surface area contributed by atoms with Crippen LogP contribution in [0.2, 0.25) is 0 Å². The summed E-state index contributed by atoms with van der Waals surface area (Å²) in [5.41, 5.74) is 5.71. The second kappa shape index (κ2) is 11.6. The SMILES string of the molecule is CCCCCCc1csc(-c2ccc(-c3cc(CCCCCC)cs3)cc2)c1. The fourth-order valence-corrected chi connectivity index (χ4v) is 5.54. The normalized spacial score (nSPS) is 11.2. The number of thiophene rings is 2. The number of hydrogen-bond acceptors (Lipinski definition) is 2. The Kier molecular flexibility index (Phi) is 8.82. The van der Waals surface area contributed by atoms with Crippen LogP contribution in [-0.2, 0) is 12.8 Å². The van der Waals surface area contributed by atoms with Crippen LogP contribution in [0.1, 0.15) is 76.3 Å². The van der Waals surface area contributed by atoms with E-state index in [1.54, 1.807) is 0 Å². The maximum atomic E-state index is 2.39. The fraction of sp³-hybridized carbons (Fsp3) is 0.462. The molecule has 2 aromatic heterocycles. The number of hydrogen-bond donors (Lipinski definition) is 0. The second-order valence-electron chi connectivity index (χ2n) is 7.84. The van der Waals surface area contributed by atoms with Gasteiger partial charge >= 0.3 is 0 Å². The van der Waals surface area contributed by atoms with Crippen molar-refractivity contribution in [2.24, 2.45) is 0 Å². The Morgan fingerprint density at radius 3 is 1.39 bits per heavy atom. The molecule has 2 heteroatoms. The lowest BCUT2D eigenvalue weighted by Crippen LogP contribution is -1.82. The first-order valence-electron chi connectivity index (χ1n) is 11.1. The molecule has 0 aliphatic rings. The van der Waals surface area contributed by atoms with Crippen molar-refractivity contribution < 1.29 is 0 Å². The number of aryl methyl sites for hydroxylation is 2. The third kappa shape index (κ3) is 6.32. The van der Waals surface area contributed by atoms with E-state index in [1.165, 1.54) is 96.2 Å². The number of rotatable bonds is 12. The van der Waals surface area contributed by atoms with Gasteiger partial charge in [0, 0.05) is 9.75 Å². The van der Waals surface area contributed by atoms with Gasteiger partial charge in [-0.1, -0.05) is 76.6 Å². The molecule has 0 saturated heterocycles. The largest absolute Gasteiger partial charge is 0.144 e. The maximum absolute atomic E-state index is 2.39. The van der Waals surface area contributed by atoms with Gasteiger partial charge in [-0.3, -0.25) is 0 Å². The molecule has 0 bridgehead atoms. The summed E-state index contributed by atoms with van der Waals surface area (Å²) in [6, 6.07) is 14.0. The van der Waals surface area contributed by atoms with Gasteiger partial charge < -0.3 is 0 Å². The Balaban J connectivity index is 1.56. The van der Waals surface area contributed by atoms with Crippen molar-refractivity contribution in [1.82, 2.24) is 0 Å². The van der Waals surface area contributed by atoms with E-state index in [2.05, 4.69) is 61.0 Å². The molecular weight excluding hydrogens is 376 g/mol. The Bertz CT molecular complexity index is 738. The van der Waals surface area contributed by atoms with Gasteiger partial charge in [0.25, 0.3) is 0 Å². The lowest BCUT2D eigenvalue weighted by Gasteiger charge is -2.01. The molecule has 0 aliphatic heterocycles. The zero-order valence-electron chi connectivity index (χ0n) is 17.5. The lowest BCUT2D eigenvalue weighted by molar-refractivity contribution is 0.667. The monoisotopic (exact) mass is 410 g/mol. The third-order valence-electron chi connectivity index (χ3n) is 5.40. The molecule has 1 aromatic carbocycles. The Morgan fingerprint density at radius 1 is 0.571 bits per heavy atom. The van der Waals surface area contributed by atoms with E-state index in [0.717, 1.165) is 0 Å². The molecule has 0 nitrogen and oxygen atoms in total. The van der Waals surface area contributed by atoms with Crippen LogP contribution < -0.4 is 0 Å². The molecule has 28 heavy (non-hydrogen) atoms. The van der Waals surface area contributed by atoms with Crippen molar-refractivity contribution in [3.05, 3.63) is 58.3 Å². The van der Waals surface area contributed by atoms with Crippen molar-refractivity contribution in [1.29, 1.82) is 0 Å².